The second-order valence-corrected chi connectivity index (χ2v) is 18.6. The van der Waals surface area contributed by atoms with Crippen molar-refractivity contribution in [2.75, 3.05) is 0 Å². The molecule has 0 saturated carbocycles. The first kappa shape index (κ1) is 49.9. The van der Waals surface area contributed by atoms with Crippen molar-refractivity contribution in [2.45, 2.75) is 26.6 Å². The van der Waals surface area contributed by atoms with Crippen LogP contribution >= 0.6 is 46.4 Å². The first-order valence-electron chi connectivity index (χ1n) is 23.1. The first-order valence-corrected chi connectivity index (χ1v) is 24.6. The molecule has 20 heteroatoms. The number of H-pyrrole nitrogens is 1. The van der Waals surface area contributed by atoms with Gasteiger partial charge in [-0.3, -0.25) is 23.5 Å². The summed E-state index contributed by atoms with van der Waals surface area (Å²) >= 11 is 23.8. The van der Waals surface area contributed by atoms with Gasteiger partial charge in [-0.25, -0.2) is 29.3 Å². The van der Waals surface area contributed by atoms with Crippen LogP contribution in [-0.4, -0.2) is 56.8 Å². The Morgan fingerprint density at radius 2 is 0.773 bits per heavy atom. The van der Waals surface area contributed by atoms with Crippen molar-refractivity contribution in [2.24, 2.45) is 0 Å². The standard InChI is InChI=1S/C19H15ClN4O.C18H12Cl2N4O.C18H13ClN4O2/c1-13-9-11-23(19(25)21-13)12-16-18(14-5-7-15(20)8-6-14)22-17-4-2-3-10-24(16)17;19-13-6-4-12(5-7-13)17-14(24-9-2-1-3-16(24)22-17)11-23-10-8-15(20)21-18(23)25;19-13-6-4-12(5-7-13)17-14(23-9-2-1-3-15(23)20-17)11-22-10-8-16(24)21-18(22)25/h2-11H,12H2,1H3;1-10H,11H2;1-10H,11H2,(H,21,24,25). The molecule has 372 valence electrons. The summed E-state index contributed by atoms with van der Waals surface area (Å²) in [4.78, 5) is 71.8. The molecule has 0 atom stereocenters. The predicted molar refractivity (Wildman–Crippen MR) is 292 cm³/mol. The molecule has 0 aliphatic carbocycles. The molecular formula is C55H40Cl4N12O4. The quantitative estimate of drug-likeness (QED) is 0.138. The largest absolute Gasteiger partial charge is 0.349 e. The minimum Gasteiger partial charge on any atom is -0.302 e. The number of nitrogens with zero attached hydrogens (tertiary/aromatic N) is 11. The Hall–Kier alpha value is -8.67. The summed E-state index contributed by atoms with van der Waals surface area (Å²) in [5, 5.41) is 2.16. The van der Waals surface area contributed by atoms with Crippen molar-refractivity contribution in [1.82, 2.24) is 56.8 Å². The van der Waals surface area contributed by atoms with Crippen LogP contribution in [-0.2, 0) is 19.6 Å². The molecule has 0 saturated heterocycles. The highest BCUT2D eigenvalue weighted by atomic mass is 35.5. The lowest BCUT2D eigenvalue weighted by molar-refractivity contribution is 0.701. The number of fused-ring (bicyclic) bond motifs is 3. The van der Waals surface area contributed by atoms with E-state index in [-0.39, 0.29) is 17.4 Å². The number of hydrogen-bond donors (Lipinski definition) is 1. The van der Waals surface area contributed by atoms with Gasteiger partial charge in [-0.15, -0.1) is 0 Å². The lowest BCUT2D eigenvalue weighted by Crippen LogP contribution is -2.29. The van der Waals surface area contributed by atoms with Crippen molar-refractivity contribution >= 4 is 63.3 Å². The van der Waals surface area contributed by atoms with Crippen LogP contribution in [0.2, 0.25) is 20.2 Å². The second-order valence-electron chi connectivity index (χ2n) is 16.9. The molecule has 9 aromatic heterocycles. The van der Waals surface area contributed by atoms with Crippen molar-refractivity contribution in [3.05, 3.63) is 268 Å². The molecule has 12 aromatic rings. The van der Waals surface area contributed by atoms with Gasteiger partial charge in [0.2, 0.25) is 0 Å². The van der Waals surface area contributed by atoms with E-state index in [1.807, 2.05) is 153 Å². The van der Waals surface area contributed by atoms with Crippen LogP contribution in [0.25, 0.3) is 50.7 Å². The SMILES string of the molecule is Cc1ccn(Cc2c(-c3ccc(Cl)cc3)nc3ccccn23)c(=O)n1.O=c1ccn(Cc2c(-c3ccc(Cl)cc3)nc3ccccn23)c(=O)[nH]1.O=c1nc(Cl)ccn1Cc1c(-c2ccc(Cl)cc2)nc2ccccn12. The second kappa shape index (κ2) is 21.8. The smallest absolute Gasteiger partial charge is 0.302 e. The number of aromatic amines is 1. The van der Waals surface area contributed by atoms with Gasteiger partial charge in [0, 0.05) is 80.7 Å². The maximum atomic E-state index is 12.2. The van der Waals surface area contributed by atoms with Crippen molar-refractivity contribution in [1.29, 1.82) is 0 Å². The minimum absolute atomic E-state index is 0.178. The zero-order valence-corrected chi connectivity index (χ0v) is 42.5. The topological polar surface area (TPSA) is 177 Å². The Morgan fingerprint density at radius 1 is 0.400 bits per heavy atom. The van der Waals surface area contributed by atoms with Crippen LogP contribution in [0, 0.1) is 6.92 Å². The molecule has 0 fully saturated rings. The normalized spacial score (nSPS) is 11.1. The summed E-state index contributed by atoms with van der Waals surface area (Å²) in [5.41, 5.74) is 9.38. The average Bonchev–Trinajstić information content (AvgIpc) is 4.09. The zero-order chi connectivity index (χ0) is 52.2. The minimum atomic E-state index is -0.458. The third-order valence-corrected chi connectivity index (χ3v) is 12.9. The maximum absolute atomic E-state index is 12.2. The van der Waals surface area contributed by atoms with E-state index >= 15 is 0 Å². The van der Waals surface area contributed by atoms with Crippen LogP contribution in [0.4, 0.5) is 0 Å². The van der Waals surface area contributed by atoms with E-state index in [4.69, 9.17) is 56.4 Å². The lowest BCUT2D eigenvalue weighted by atomic mass is 10.1. The van der Waals surface area contributed by atoms with Crippen LogP contribution in [0.5, 0.6) is 0 Å². The fourth-order valence-corrected chi connectivity index (χ4v) is 8.83. The van der Waals surface area contributed by atoms with E-state index in [1.165, 1.54) is 21.4 Å². The van der Waals surface area contributed by atoms with E-state index in [1.54, 1.807) is 42.1 Å². The molecule has 0 spiro atoms. The number of rotatable bonds is 9. The van der Waals surface area contributed by atoms with E-state index in [0.29, 0.717) is 33.9 Å². The summed E-state index contributed by atoms with van der Waals surface area (Å²) in [7, 11) is 0. The van der Waals surface area contributed by atoms with Crippen LogP contribution in [0.3, 0.4) is 0 Å². The molecule has 75 heavy (non-hydrogen) atoms. The van der Waals surface area contributed by atoms with Gasteiger partial charge < -0.3 is 13.2 Å². The van der Waals surface area contributed by atoms with Gasteiger partial charge in [0.05, 0.1) is 53.8 Å². The molecule has 0 aliphatic rings. The van der Waals surface area contributed by atoms with E-state index in [0.717, 1.165) is 67.8 Å². The maximum Gasteiger partial charge on any atom is 0.349 e. The number of halogens is 4. The van der Waals surface area contributed by atoms with E-state index < -0.39 is 16.9 Å². The molecule has 1 N–H and O–H groups in total. The van der Waals surface area contributed by atoms with Crippen molar-refractivity contribution in [3.63, 3.8) is 0 Å². The Balaban J connectivity index is 0.000000128. The van der Waals surface area contributed by atoms with Gasteiger partial charge in [0.1, 0.15) is 22.1 Å². The predicted octanol–water partition coefficient (Wildman–Crippen LogP) is 10.0. The zero-order valence-electron chi connectivity index (χ0n) is 39.5. The monoisotopic (exact) mass is 1070 g/mol. The summed E-state index contributed by atoms with van der Waals surface area (Å²) < 4.78 is 10.4. The highest BCUT2D eigenvalue weighted by molar-refractivity contribution is 6.31. The van der Waals surface area contributed by atoms with Gasteiger partial charge in [0.25, 0.3) is 5.56 Å². The van der Waals surface area contributed by atoms with Gasteiger partial charge in [-0.1, -0.05) is 101 Å². The third kappa shape index (κ3) is 11.1. The molecule has 0 aliphatic heterocycles. The average molecular weight is 1070 g/mol. The number of nitrogens with one attached hydrogen (secondary N) is 1. The Labute approximate surface area is 445 Å². The van der Waals surface area contributed by atoms with Gasteiger partial charge in [-0.2, -0.15) is 9.97 Å². The molecule has 0 bridgehead atoms. The van der Waals surface area contributed by atoms with Crippen LogP contribution < -0.4 is 22.6 Å². The molecule has 0 radical (unpaired) electrons. The Bertz CT molecular complexity index is 4090. The molecule has 0 amide bonds. The highest BCUT2D eigenvalue weighted by Crippen LogP contribution is 2.29. The number of aromatic nitrogens is 12. The summed E-state index contributed by atoms with van der Waals surface area (Å²) in [5.74, 6) is 0. The molecular weight excluding hydrogens is 1030 g/mol. The summed E-state index contributed by atoms with van der Waals surface area (Å²) in [6, 6.07) is 44.5. The number of benzene rings is 3. The van der Waals surface area contributed by atoms with Gasteiger partial charge in [0.15, 0.2) is 0 Å². The molecule has 16 nitrogen and oxygen atoms in total. The van der Waals surface area contributed by atoms with Crippen molar-refractivity contribution in [3.8, 4) is 33.8 Å². The van der Waals surface area contributed by atoms with E-state index in [9.17, 15) is 19.2 Å². The summed E-state index contributed by atoms with van der Waals surface area (Å²) in [6.45, 7) is 2.79. The van der Waals surface area contributed by atoms with Gasteiger partial charge in [-0.05, 0) is 91.9 Å². The van der Waals surface area contributed by atoms with Crippen molar-refractivity contribution < 1.29 is 0 Å². The first-order chi connectivity index (χ1) is 36.3. The molecule has 9 heterocycles. The number of pyridine rings is 3. The van der Waals surface area contributed by atoms with Gasteiger partial charge >= 0.3 is 17.1 Å². The molecule has 0 unspecified atom stereocenters. The van der Waals surface area contributed by atoms with Crippen LogP contribution in [0.15, 0.2) is 202 Å². The Morgan fingerprint density at radius 3 is 1.16 bits per heavy atom. The fourth-order valence-electron chi connectivity index (χ4n) is 8.33. The fraction of sp³-hybridized carbons (Fsp3) is 0.0727. The summed E-state index contributed by atoms with van der Waals surface area (Å²) in [6.07, 6.45) is 10.6. The molecule has 12 rings (SSSR count). The van der Waals surface area contributed by atoms with Crippen LogP contribution in [0.1, 0.15) is 22.8 Å². The number of imidazole rings is 3. The Kier molecular flexibility index (Phi) is 14.5. The molecule has 3 aromatic carbocycles. The number of hydrogen-bond acceptors (Lipinski definition) is 9. The third-order valence-electron chi connectivity index (χ3n) is 12.0. The lowest BCUT2D eigenvalue weighted by Gasteiger charge is -2.08. The highest BCUT2D eigenvalue weighted by Gasteiger charge is 2.18. The number of aryl methyl sites for hydroxylation is 1. The van der Waals surface area contributed by atoms with E-state index in [2.05, 4.69) is 19.9 Å².